The molecule has 1 N–H and O–H groups in total. The van der Waals surface area contributed by atoms with Gasteiger partial charge in [0.25, 0.3) is 0 Å². The summed E-state index contributed by atoms with van der Waals surface area (Å²) in [7, 11) is 0. The van der Waals surface area contributed by atoms with Gasteiger partial charge in [0.15, 0.2) is 0 Å². The van der Waals surface area contributed by atoms with Crippen LogP contribution < -0.4 is 5.32 Å². The van der Waals surface area contributed by atoms with Gasteiger partial charge >= 0.3 is 0 Å². The zero-order valence-corrected chi connectivity index (χ0v) is 15.4. The Hall–Kier alpha value is -2.13. The minimum absolute atomic E-state index is 0.0738. The minimum Gasteiger partial charge on any atom is -0.324 e. The Morgan fingerprint density at radius 1 is 1.00 bits per heavy atom. The fourth-order valence-corrected chi connectivity index (χ4v) is 3.89. The van der Waals surface area contributed by atoms with Gasteiger partial charge in [0.05, 0.1) is 6.04 Å². The Labute approximate surface area is 151 Å². The first-order chi connectivity index (χ1) is 12.0. The number of para-hydroxylation sites is 1. The lowest BCUT2D eigenvalue weighted by Gasteiger charge is -2.38. The summed E-state index contributed by atoms with van der Waals surface area (Å²) in [4.78, 5) is 15.2. The van der Waals surface area contributed by atoms with Gasteiger partial charge in [0.1, 0.15) is 0 Å². The predicted molar refractivity (Wildman–Crippen MR) is 104 cm³/mol. The Morgan fingerprint density at radius 2 is 1.60 bits per heavy atom. The number of hydrogen-bond acceptors (Lipinski definition) is 2. The van der Waals surface area contributed by atoms with E-state index in [1.54, 1.807) is 0 Å². The van der Waals surface area contributed by atoms with Crippen molar-refractivity contribution in [2.45, 2.75) is 33.2 Å². The third-order valence-corrected chi connectivity index (χ3v) is 5.09. The second-order valence-corrected chi connectivity index (χ2v) is 7.48. The molecule has 1 aliphatic heterocycles. The standard InChI is InChI=1S/C22H28N2O/c1-16-13-17(2)15-24(14-16)18(3)22(25)23-21-12-8-7-11-20(21)19-9-5-4-6-10-19/h4-12,16-18H,13-15H2,1-3H3,(H,23,25)/t16-,17-,18+/m1/s1. The van der Waals surface area contributed by atoms with E-state index in [0.717, 1.165) is 29.9 Å². The quantitative estimate of drug-likeness (QED) is 0.881. The molecular weight excluding hydrogens is 308 g/mol. The molecule has 0 spiro atoms. The molecule has 3 atom stereocenters. The zero-order chi connectivity index (χ0) is 17.8. The van der Waals surface area contributed by atoms with E-state index in [1.807, 2.05) is 43.3 Å². The highest BCUT2D eigenvalue weighted by Crippen LogP contribution is 2.28. The van der Waals surface area contributed by atoms with Gasteiger partial charge in [-0.3, -0.25) is 9.69 Å². The molecule has 1 fully saturated rings. The molecule has 25 heavy (non-hydrogen) atoms. The molecule has 0 unspecified atom stereocenters. The minimum atomic E-state index is -0.117. The van der Waals surface area contributed by atoms with Crippen LogP contribution in [-0.2, 0) is 4.79 Å². The first-order valence-electron chi connectivity index (χ1n) is 9.24. The number of hydrogen-bond donors (Lipinski definition) is 1. The van der Waals surface area contributed by atoms with E-state index in [0.29, 0.717) is 11.8 Å². The molecule has 1 heterocycles. The van der Waals surface area contributed by atoms with Crippen molar-refractivity contribution in [3.63, 3.8) is 0 Å². The average Bonchev–Trinajstić information content (AvgIpc) is 2.61. The number of amides is 1. The largest absolute Gasteiger partial charge is 0.324 e. The maximum atomic E-state index is 12.9. The first-order valence-corrected chi connectivity index (χ1v) is 9.24. The zero-order valence-electron chi connectivity index (χ0n) is 15.4. The van der Waals surface area contributed by atoms with E-state index < -0.39 is 0 Å². The summed E-state index contributed by atoms with van der Waals surface area (Å²) in [6.45, 7) is 8.57. The Balaban J connectivity index is 1.75. The smallest absolute Gasteiger partial charge is 0.241 e. The van der Waals surface area contributed by atoms with Crippen molar-refractivity contribution in [1.29, 1.82) is 0 Å². The molecule has 3 nitrogen and oxygen atoms in total. The summed E-state index contributed by atoms with van der Waals surface area (Å²) in [5, 5.41) is 3.16. The summed E-state index contributed by atoms with van der Waals surface area (Å²) in [6.07, 6.45) is 1.25. The maximum absolute atomic E-state index is 12.9. The summed E-state index contributed by atoms with van der Waals surface area (Å²) in [6, 6.07) is 18.1. The molecule has 1 saturated heterocycles. The summed E-state index contributed by atoms with van der Waals surface area (Å²) < 4.78 is 0. The number of likely N-dealkylation sites (tertiary alicyclic amines) is 1. The van der Waals surface area contributed by atoms with E-state index in [9.17, 15) is 4.79 Å². The predicted octanol–water partition coefficient (Wildman–Crippen LogP) is 4.66. The molecule has 2 aromatic rings. The number of piperidine rings is 1. The van der Waals surface area contributed by atoms with Crippen molar-refractivity contribution >= 4 is 11.6 Å². The molecule has 0 bridgehead atoms. The Kier molecular flexibility index (Phi) is 5.54. The average molecular weight is 336 g/mol. The van der Waals surface area contributed by atoms with Gasteiger partial charge in [-0.25, -0.2) is 0 Å². The molecule has 1 amide bonds. The van der Waals surface area contributed by atoms with Crippen molar-refractivity contribution in [2.75, 3.05) is 18.4 Å². The second kappa shape index (κ2) is 7.83. The van der Waals surface area contributed by atoms with Crippen LogP contribution in [0.5, 0.6) is 0 Å². The van der Waals surface area contributed by atoms with Crippen LogP contribution in [0, 0.1) is 11.8 Å². The highest BCUT2D eigenvalue weighted by atomic mass is 16.2. The number of carbonyl (C=O) groups is 1. The number of benzene rings is 2. The van der Waals surface area contributed by atoms with Gasteiger partial charge in [0.2, 0.25) is 5.91 Å². The van der Waals surface area contributed by atoms with Crippen molar-refractivity contribution in [2.24, 2.45) is 11.8 Å². The van der Waals surface area contributed by atoms with Crippen LogP contribution in [0.1, 0.15) is 27.2 Å². The number of nitrogens with one attached hydrogen (secondary N) is 1. The van der Waals surface area contributed by atoms with Gasteiger partial charge < -0.3 is 5.32 Å². The number of anilines is 1. The molecule has 0 radical (unpaired) electrons. The van der Waals surface area contributed by atoms with E-state index in [4.69, 9.17) is 0 Å². The van der Waals surface area contributed by atoms with Crippen LogP contribution in [0.25, 0.3) is 11.1 Å². The van der Waals surface area contributed by atoms with Crippen molar-refractivity contribution in [1.82, 2.24) is 4.90 Å². The summed E-state index contributed by atoms with van der Waals surface area (Å²) in [5.41, 5.74) is 3.05. The van der Waals surface area contributed by atoms with E-state index in [1.165, 1.54) is 6.42 Å². The molecule has 2 aromatic carbocycles. The molecule has 0 aliphatic carbocycles. The number of nitrogens with zero attached hydrogens (tertiary/aromatic N) is 1. The van der Waals surface area contributed by atoms with E-state index in [-0.39, 0.29) is 11.9 Å². The normalized spacial score (nSPS) is 22.4. The molecule has 3 heteroatoms. The lowest BCUT2D eigenvalue weighted by molar-refractivity contribution is -0.121. The van der Waals surface area contributed by atoms with Gasteiger partial charge in [-0.1, -0.05) is 62.4 Å². The van der Waals surface area contributed by atoms with Crippen molar-refractivity contribution < 1.29 is 4.79 Å². The fraction of sp³-hybridized carbons (Fsp3) is 0.409. The van der Waals surface area contributed by atoms with Gasteiger partial charge in [0, 0.05) is 24.3 Å². The van der Waals surface area contributed by atoms with Crippen LogP contribution in [0.2, 0.25) is 0 Å². The van der Waals surface area contributed by atoms with Gasteiger partial charge in [-0.05, 0) is 36.8 Å². The molecule has 0 aromatic heterocycles. The summed E-state index contributed by atoms with van der Waals surface area (Å²) in [5.74, 6) is 1.37. The van der Waals surface area contributed by atoms with Crippen LogP contribution in [-0.4, -0.2) is 29.9 Å². The van der Waals surface area contributed by atoms with E-state index in [2.05, 4.69) is 42.3 Å². The number of carbonyl (C=O) groups excluding carboxylic acids is 1. The van der Waals surface area contributed by atoms with Crippen LogP contribution >= 0.6 is 0 Å². The van der Waals surface area contributed by atoms with Crippen molar-refractivity contribution in [3.05, 3.63) is 54.6 Å². The number of rotatable bonds is 4. The molecular formula is C22H28N2O. The first kappa shape index (κ1) is 17.7. The third kappa shape index (κ3) is 4.29. The van der Waals surface area contributed by atoms with Crippen LogP contribution in [0.4, 0.5) is 5.69 Å². The molecule has 3 rings (SSSR count). The Bertz CT molecular complexity index is 703. The van der Waals surface area contributed by atoms with Crippen molar-refractivity contribution in [3.8, 4) is 11.1 Å². The Morgan fingerprint density at radius 3 is 2.28 bits per heavy atom. The highest BCUT2D eigenvalue weighted by molar-refractivity contribution is 5.98. The second-order valence-electron chi connectivity index (χ2n) is 7.48. The third-order valence-electron chi connectivity index (χ3n) is 5.09. The van der Waals surface area contributed by atoms with E-state index >= 15 is 0 Å². The molecule has 1 aliphatic rings. The topological polar surface area (TPSA) is 32.3 Å². The SMILES string of the molecule is C[C@@H]1C[C@@H](C)CN([C@@H](C)C(=O)Nc2ccccc2-c2ccccc2)C1. The maximum Gasteiger partial charge on any atom is 0.241 e. The monoisotopic (exact) mass is 336 g/mol. The van der Waals surface area contributed by atoms with Crippen LogP contribution in [0.15, 0.2) is 54.6 Å². The molecule has 132 valence electrons. The fourth-order valence-electron chi connectivity index (χ4n) is 3.89. The highest BCUT2D eigenvalue weighted by Gasteiger charge is 2.29. The lowest BCUT2D eigenvalue weighted by Crippen LogP contribution is -2.48. The summed E-state index contributed by atoms with van der Waals surface area (Å²) >= 11 is 0. The van der Waals surface area contributed by atoms with Crippen LogP contribution in [0.3, 0.4) is 0 Å². The van der Waals surface area contributed by atoms with Gasteiger partial charge in [-0.15, -0.1) is 0 Å². The van der Waals surface area contributed by atoms with Gasteiger partial charge in [-0.2, -0.15) is 0 Å². The molecule has 0 saturated carbocycles. The lowest BCUT2D eigenvalue weighted by atomic mass is 9.91.